The molecule has 5 rings (SSSR count). The predicted molar refractivity (Wildman–Crippen MR) is 206 cm³/mol. The van der Waals surface area contributed by atoms with Crippen LogP contribution in [-0.4, -0.2) is 74.4 Å². The summed E-state index contributed by atoms with van der Waals surface area (Å²) < 4.78 is 28.4. The van der Waals surface area contributed by atoms with Crippen LogP contribution >= 0.6 is 12.6 Å². The number of carbonyl (C=O) groups is 3. The number of rotatable bonds is 7. The molecule has 0 saturated carbocycles. The molecule has 1 aliphatic heterocycles. The van der Waals surface area contributed by atoms with Crippen molar-refractivity contribution in [2.45, 2.75) is 109 Å². The minimum absolute atomic E-state index is 0.00537. The van der Waals surface area contributed by atoms with E-state index in [1.807, 2.05) is 69.3 Å². The highest BCUT2D eigenvalue weighted by Crippen LogP contribution is 2.35. The lowest BCUT2D eigenvalue weighted by Crippen LogP contribution is -2.45. The number of benzene rings is 2. The molecular weight excluding hydrogens is 711 g/mol. The van der Waals surface area contributed by atoms with Crippen molar-refractivity contribution >= 4 is 36.7 Å². The topological polar surface area (TPSA) is 146 Å². The second-order valence-corrected chi connectivity index (χ2v) is 16.5. The largest absolute Gasteiger partial charge is 0.444 e. The summed E-state index contributed by atoms with van der Waals surface area (Å²) in [5, 5.41) is 4.32. The Morgan fingerprint density at radius 1 is 0.759 bits per heavy atom. The number of carbonyl (C=O) groups excluding carboxylic acids is 3. The molecule has 4 aromatic rings. The smallest absolute Gasteiger partial charge is 0.425 e. The average Bonchev–Trinajstić information content (AvgIpc) is 3.56. The molecule has 0 N–H and O–H groups in total. The minimum Gasteiger partial charge on any atom is -0.444 e. The number of aromatic nitrogens is 3. The van der Waals surface area contributed by atoms with Crippen LogP contribution < -0.4 is 4.90 Å². The standard InChI is InChI=1S/C40H49N5O8S/c1-38(2,3)50-35(46)44(28-18-20-49-21-19-28)24-25-10-12-26(13-11-25)30-22-32(53-43-30)33-34(41-23-31(42-33)27-14-16-29(54)17-15-27)45(36(47)51-39(4,5)6)37(48)52-40(7,8)9/h10-17,22-23,28,54H,18-21,24H2,1-9H3. The molecule has 0 unspecified atom stereocenters. The molecule has 0 spiro atoms. The van der Waals surface area contributed by atoms with Gasteiger partial charge in [0.25, 0.3) is 0 Å². The highest BCUT2D eigenvalue weighted by atomic mass is 32.1. The average molecular weight is 760 g/mol. The molecule has 14 heteroatoms. The molecule has 0 atom stereocenters. The Kier molecular flexibility index (Phi) is 12.1. The second-order valence-electron chi connectivity index (χ2n) is 16.0. The maximum atomic E-state index is 13.7. The van der Waals surface area contributed by atoms with Gasteiger partial charge in [-0.15, -0.1) is 12.6 Å². The van der Waals surface area contributed by atoms with Crippen molar-refractivity contribution in [1.29, 1.82) is 0 Å². The van der Waals surface area contributed by atoms with Crippen LogP contribution in [0, 0.1) is 0 Å². The van der Waals surface area contributed by atoms with Gasteiger partial charge in [-0.05, 0) is 92.9 Å². The summed E-state index contributed by atoms with van der Waals surface area (Å²) in [7, 11) is 0. The Labute approximate surface area is 321 Å². The Bertz CT molecular complexity index is 1910. The molecule has 3 amide bonds. The Balaban J connectivity index is 1.51. The van der Waals surface area contributed by atoms with Crippen molar-refractivity contribution in [3.63, 3.8) is 0 Å². The quantitative estimate of drug-likeness (QED) is 0.142. The number of ether oxygens (including phenoxy) is 4. The fourth-order valence-corrected chi connectivity index (χ4v) is 5.66. The summed E-state index contributed by atoms with van der Waals surface area (Å²) >= 11 is 4.39. The van der Waals surface area contributed by atoms with Crippen LogP contribution in [0.5, 0.6) is 0 Å². The summed E-state index contributed by atoms with van der Waals surface area (Å²) in [4.78, 5) is 53.2. The molecule has 13 nitrogen and oxygen atoms in total. The molecule has 0 bridgehead atoms. The van der Waals surface area contributed by atoms with Crippen LogP contribution in [0.15, 0.2) is 70.2 Å². The molecule has 3 heterocycles. The molecular formula is C40H49N5O8S. The highest BCUT2D eigenvalue weighted by Gasteiger charge is 2.37. The van der Waals surface area contributed by atoms with Gasteiger partial charge in [0.15, 0.2) is 17.3 Å². The lowest BCUT2D eigenvalue weighted by atomic mass is 10.0. The van der Waals surface area contributed by atoms with Crippen molar-refractivity contribution in [3.05, 3.63) is 66.4 Å². The first-order valence-electron chi connectivity index (χ1n) is 17.8. The SMILES string of the molecule is CC(C)(C)OC(=O)N(C(=O)OC(C)(C)C)c1ncc(-c2ccc(S)cc2)nc1-c1cc(-c2ccc(CN(C(=O)OC(C)(C)C)C3CCOCC3)cc2)no1. The van der Waals surface area contributed by atoms with Crippen LogP contribution in [0.2, 0.25) is 0 Å². The molecule has 2 aromatic carbocycles. The van der Waals surface area contributed by atoms with Crippen LogP contribution in [0.3, 0.4) is 0 Å². The van der Waals surface area contributed by atoms with E-state index < -0.39 is 29.0 Å². The normalized spacial score (nSPS) is 14.0. The third-order valence-corrected chi connectivity index (χ3v) is 8.18. The maximum absolute atomic E-state index is 13.7. The van der Waals surface area contributed by atoms with E-state index in [1.54, 1.807) is 52.5 Å². The van der Waals surface area contributed by atoms with Gasteiger partial charge < -0.3 is 28.4 Å². The Hall–Kier alpha value is -4.95. The Morgan fingerprint density at radius 3 is 1.83 bits per heavy atom. The van der Waals surface area contributed by atoms with E-state index >= 15 is 0 Å². The van der Waals surface area contributed by atoms with E-state index in [4.69, 9.17) is 28.5 Å². The number of amides is 3. The van der Waals surface area contributed by atoms with Gasteiger partial charge in [0.2, 0.25) is 0 Å². The predicted octanol–water partition coefficient (Wildman–Crippen LogP) is 9.35. The zero-order chi connectivity index (χ0) is 39.4. The van der Waals surface area contributed by atoms with Crippen molar-refractivity contribution < 1.29 is 37.9 Å². The summed E-state index contributed by atoms with van der Waals surface area (Å²) in [5.74, 6) is -0.0292. The Morgan fingerprint density at radius 2 is 1.28 bits per heavy atom. The summed E-state index contributed by atoms with van der Waals surface area (Å²) in [6.45, 7) is 17.2. The summed E-state index contributed by atoms with van der Waals surface area (Å²) in [6, 6.07) is 16.5. The number of imide groups is 1. The van der Waals surface area contributed by atoms with Crippen LogP contribution in [0.25, 0.3) is 34.0 Å². The van der Waals surface area contributed by atoms with Crippen molar-refractivity contribution in [1.82, 2.24) is 20.0 Å². The maximum Gasteiger partial charge on any atom is 0.425 e. The van der Waals surface area contributed by atoms with Crippen LogP contribution in [-0.2, 0) is 25.5 Å². The monoisotopic (exact) mass is 759 g/mol. The van der Waals surface area contributed by atoms with E-state index in [1.165, 1.54) is 6.20 Å². The van der Waals surface area contributed by atoms with Crippen LogP contribution in [0.4, 0.5) is 20.2 Å². The van der Waals surface area contributed by atoms with E-state index in [9.17, 15) is 14.4 Å². The van der Waals surface area contributed by atoms with Crippen molar-refractivity contribution in [3.8, 4) is 34.0 Å². The summed E-state index contributed by atoms with van der Waals surface area (Å²) in [6.07, 6.45) is 0.528. The lowest BCUT2D eigenvalue weighted by Gasteiger charge is -2.35. The molecule has 54 heavy (non-hydrogen) atoms. The first kappa shape index (κ1) is 40.2. The number of hydrogen-bond donors (Lipinski definition) is 1. The van der Waals surface area contributed by atoms with Gasteiger partial charge in [-0.1, -0.05) is 41.6 Å². The molecule has 288 valence electrons. The van der Waals surface area contributed by atoms with Gasteiger partial charge in [0.1, 0.15) is 22.5 Å². The molecule has 0 radical (unpaired) electrons. The first-order valence-corrected chi connectivity index (χ1v) is 18.3. The van der Waals surface area contributed by atoms with Gasteiger partial charge in [0.05, 0.1) is 11.9 Å². The third kappa shape index (κ3) is 10.8. The number of hydrogen-bond acceptors (Lipinski definition) is 12. The second kappa shape index (κ2) is 16.2. The molecule has 2 aromatic heterocycles. The lowest BCUT2D eigenvalue weighted by molar-refractivity contribution is -0.00812. The van der Waals surface area contributed by atoms with Gasteiger partial charge in [-0.25, -0.2) is 24.4 Å². The third-order valence-electron chi connectivity index (χ3n) is 7.89. The van der Waals surface area contributed by atoms with E-state index in [-0.39, 0.29) is 29.4 Å². The fraction of sp³-hybridized carbons (Fsp3) is 0.450. The molecule has 0 aliphatic carbocycles. The first-order chi connectivity index (χ1) is 25.3. The van der Waals surface area contributed by atoms with Gasteiger partial charge in [-0.3, -0.25) is 0 Å². The molecule has 1 fully saturated rings. The van der Waals surface area contributed by atoms with E-state index in [0.717, 1.165) is 28.9 Å². The highest BCUT2D eigenvalue weighted by molar-refractivity contribution is 7.80. The van der Waals surface area contributed by atoms with Crippen molar-refractivity contribution in [2.24, 2.45) is 0 Å². The van der Waals surface area contributed by atoms with Gasteiger partial charge >= 0.3 is 18.3 Å². The van der Waals surface area contributed by atoms with Gasteiger partial charge in [-0.2, -0.15) is 4.90 Å². The van der Waals surface area contributed by atoms with Crippen molar-refractivity contribution in [2.75, 3.05) is 18.1 Å². The van der Waals surface area contributed by atoms with E-state index in [2.05, 4.69) is 22.8 Å². The van der Waals surface area contributed by atoms with Crippen LogP contribution in [0.1, 0.15) is 80.7 Å². The fourth-order valence-electron chi connectivity index (χ4n) is 5.51. The zero-order valence-electron chi connectivity index (χ0n) is 32.3. The number of anilines is 1. The van der Waals surface area contributed by atoms with E-state index in [0.29, 0.717) is 41.6 Å². The van der Waals surface area contributed by atoms with Gasteiger partial charge in [0, 0.05) is 47.9 Å². The molecule has 1 saturated heterocycles. The zero-order valence-corrected chi connectivity index (χ0v) is 33.2. The number of thiol groups is 1. The minimum atomic E-state index is -1.00. The summed E-state index contributed by atoms with van der Waals surface area (Å²) in [5.41, 5.74) is 0.768. The number of nitrogens with zero attached hydrogens (tertiary/aromatic N) is 5. The molecule has 1 aliphatic rings.